The molecule has 3 N–H and O–H groups in total. The zero-order valence-corrected chi connectivity index (χ0v) is 12.0. The Labute approximate surface area is 123 Å². The topological polar surface area (TPSA) is 81.1 Å². The average Bonchev–Trinajstić information content (AvgIpc) is 2.73. The van der Waals surface area contributed by atoms with Gasteiger partial charge in [0.1, 0.15) is 27.9 Å². The highest BCUT2D eigenvalue weighted by atomic mass is 32.2. The van der Waals surface area contributed by atoms with Crippen molar-refractivity contribution < 1.29 is 18.7 Å². The number of aromatic nitrogens is 2. The molecular formula is C13H13F2N3O2S. The normalized spacial score (nSPS) is 10.8. The highest BCUT2D eigenvalue weighted by molar-refractivity contribution is 7.99. The lowest BCUT2D eigenvalue weighted by atomic mass is 10.3. The van der Waals surface area contributed by atoms with Gasteiger partial charge in [0.05, 0.1) is 0 Å². The summed E-state index contributed by atoms with van der Waals surface area (Å²) in [7, 11) is 0. The first-order valence-corrected chi connectivity index (χ1v) is 7.14. The van der Waals surface area contributed by atoms with Gasteiger partial charge in [0.2, 0.25) is 0 Å². The third kappa shape index (κ3) is 2.99. The van der Waals surface area contributed by atoms with Crippen LogP contribution in [0, 0.1) is 11.6 Å². The summed E-state index contributed by atoms with van der Waals surface area (Å²) in [5, 5.41) is 13.5. The van der Waals surface area contributed by atoms with Gasteiger partial charge in [-0.1, -0.05) is 6.92 Å². The maximum atomic E-state index is 13.8. The predicted octanol–water partition coefficient (Wildman–Crippen LogP) is 2.93. The molecule has 21 heavy (non-hydrogen) atoms. The van der Waals surface area contributed by atoms with Gasteiger partial charge in [-0.2, -0.15) is 5.10 Å². The van der Waals surface area contributed by atoms with Crippen LogP contribution in [0.3, 0.4) is 0 Å². The lowest BCUT2D eigenvalue weighted by Gasteiger charge is -2.05. The summed E-state index contributed by atoms with van der Waals surface area (Å²) in [4.78, 5) is 11.3. The minimum atomic E-state index is -1.24. The van der Waals surface area contributed by atoms with E-state index in [9.17, 15) is 18.7 Å². The Hall–Kier alpha value is -2.09. The third-order valence-corrected chi connectivity index (χ3v) is 3.86. The molecule has 5 nitrogen and oxygen atoms in total. The lowest BCUT2D eigenvalue weighted by molar-refractivity contribution is 0.0694. The number of rotatable bonds is 5. The second-order valence-electron chi connectivity index (χ2n) is 4.23. The van der Waals surface area contributed by atoms with Crippen molar-refractivity contribution in [1.82, 2.24) is 9.78 Å². The number of nitrogen functional groups attached to an aromatic ring is 1. The Morgan fingerprint density at radius 1 is 1.48 bits per heavy atom. The van der Waals surface area contributed by atoms with E-state index in [1.165, 1.54) is 11.8 Å². The van der Waals surface area contributed by atoms with E-state index < -0.39 is 17.6 Å². The van der Waals surface area contributed by atoms with Crippen LogP contribution in [0.1, 0.15) is 23.7 Å². The molecule has 8 heteroatoms. The molecule has 0 fully saturated rings. The molecule has 0 aliphatic rings. The van der Waals surface area contributed by atoms with E-state index in [1.807, 2.05) is 6.92 Å². The molecular weight excluding hydrogens is 300 g/mol. The molecule has 2 rings (SSSR count). The predicted molar refractivity (Wildman–Crippen MR) is 75.9 cm³/mol. The molecule has 0 saturated carbocycles. The number of hydrogen-bond donors (Lipinski definition) is 2. The number of aromatic carboxylic acids is 1. The van der Waals surface area contributed by atoms with Gasteiger partial charge in [-0.05, 0) is 24.3 Å². The fraction of sp³-hybridized carbons (Fsp3) is 0.231. The van der Waals surface area contributed by atoms with Crippen LogP contribution in [0.5, 0.6) is 0 Å². The Morgan fingerprint density at radius 2 is 2.19 bits per heavy atom. The van der Waals surface area contributed by atoms with Gasteiger partial charge in [-0.15, -0.1) is 11.8 Å². The van der Waals surface area contributed by atoms with E-state index >= 15 is 0 Å². The van der Waals surface area contributed by atoms with Crippen LogP contribution in [0.4, 0.5) is 14.6 Å². The van der Waals surface area contributed by atoms with Gasteiger partial charge in [0, 0.05) is 6.07 Å². The fourth-order valence-electron chi connectivity index (χ4n) is 1.75. The maximum Gasteiger partial charge on any atom is 0.342 e. The Balaban J connectivity index is 2.56. The highest BCUT2D eigenvalue weighted by Crippen LogP contribution is 2.29. The SMILES string of the molecule is CCCSc1nn(-c2ccc(F)cc2F)c(N)c1C(=O)O. The summed E-state index contributed by atoms with van der Waals surface area (Å²) >= 11 is 1.22. The fourth-order valence-corrected chi connectivity index (χ4v) is 2.62. The molecule has 0 atom stereocenters. The third-order valence-electron chi connectivity index (χ3n) is 2.68. The van der Waals surface area contributed by atoms with Gasteiger partial charge < -0.3 is 10.8 Å². The Kier molecular flexibility index (Phi) is 4.46. The molecule has 2 aromatic rings. The van der Waals surface area contributed by atoms with E-state index in [2.05, 4.69) is 5.10 Å². The minimum Gasteiger partial charge on any atom is -0.477 e. The molecule has 0 amide bonds. The van der Waals surface area contributed by atoms with Crippen LogP contribution in [-0.4, -0.2) is 26.6 Å². The van der Waals surface area contributed by atoms with Crippen molar-refractivity contribution in [2.24, 2.45) is 0 Å². The van der Waals surface area contributed by atoms with Crippen molar-refractivity contribution in [3.05, 3.63) is 35.4 Å². The number of carboxylic acid groups (broad SMARTS) is 1. The first-order valence-electron chi connectivity index (χ1n) is 6.15. The molecule has 112 valence electrons. The quantitative estimate of drug-likeness (QED) is 0.830. The number of hydrogen-bond acceptors (Lipinski definition) is 4. The van der Waals surface area contributed by atoms with E-state index in [0.717, 1.165) is 23.2 Å². The molecule has 0 aliphatic carbocycles. The zero-order chi connectivity index (χ0) is 15.6. The van der Waals surface area contributed by atoms with Crippen LogP contribution < -0.4 is 5.73 Å². The smallest absolute Gasteiger partial charge is 0.342 e. The monoisotopic (exact) mass is 313 g/mol. The molecule has 0 saturated heterocycles. The first-order chi connectivity index (χ1) is 9.95. The van der Waals surface area contributed by atoms with Crippen LogP contribution in [0.25, 0.3) is 5.69 Å². The number of benzene rings is 1. The molecule has 0 spiro atoms. The number of nitrogens with two attached hydrogens (primary N) is 1. The van der Waals surface area contributed by atoms with Crippen LogP contribution in [-0.2, 0) is 0 Å². The minimum absolute atomic E-state index is 0.0975. The lowest BCUT2D eigenvalue weighted by Crippen LogP contribution is -2.07. The molecule has 0 aliphatic heterocycles. The van der Waals surface area contributed by atoms with E-state index in [-0.39, 0.29) is 22.1 Å². The summed E-state index contributed by atoms with van der Waals surface area (Å²) in [5.74, 6) is -2.37. The number of carboxylic acids is 1. The second kappa shape index (κ2) is 6.13. The number of halogens is 2. The van der Waals surface area contributed by atoms with Crippen LogP contribution in [0.15, 0.2) is 23.2 Å². The Bertz CT molecular complexity index is 688. The van der Waals surface area contributed by atoms with Gasteiger partial charge in [0.15, 0.2) is 5.82 Å². The molecule has 0 bridgehead atoms. The summed E-state index contributed by atoms with van der Waals surface area (Å²) in [5.41, 5.74) is 5.49. The van der Waals surface area contributed by atoms with Gasteiger partial charge in [-0.25, -0.2) is 18.3 Å². The number of anilines is 1. The van der Waals surface area contributed by atoms with Crippen molar-refractivity contribution in [1.29, 1.82) is 0 Å². The molecule has 0 unspecified atom stereocenters. The van der Waals surface area contributed by atoms with Crippen molar-refractivity contribution in [3.8, 4) is 5.69 Å². The number of nitrogens with zero attached hydrogens (tertiary/aromatic N) is 2. The van der Waals surface area contributed by atoms with Crippen molar-refractivity contribution in [2.75, 3.05) is 11.5 Å². The highest BCUT2D eigenvalue weighted by Gasteiger charge is 2.23. The summed E-state index contributed by atoms with van der Waals surface area (Å²) < 4.78 is 27.7. The van der Waals surface area contributed by atoms with Crippen molar-refractivity contribution in [2.45, 2.75) is 18.4 Å². The summed E-state index contributed by atoms with van der Waals surface area (Å²) in [6, 6.07) is 2.91. The van der Waals surface area contributed by atoms with Gasteiger partial charge in [0.25, 0.3) is 0 Å². The van der Waals surface area contributed by atoms with Gasteiger partial charge in [-0.3, -0.25) is 0 Å². The number of carbonyl (C=O) groups is 1. The molecule has 0 radical (unpaired) electrons. The van der Waals surface area contributed by atoms with Crippen molar-refractivity contribution in [3.63, 3.8) is 0 Å². The molecule has 1 aromatic carbocycles. The van der Waals surface area contributed by atoms with Crippen LogP contribution >= 0.6 is 11.8 Å². The van der Waals surface area contributed by atoms with E-state index in [1.54, 1.807) is 0 Å². The zero-order valence-electron chi connectivity index (χ0n) is 11.1. The van der Waals surface area contributed by atoms with Crippen LogP contribution in [0.2, 0.25) is 0 Å². The summed E-state index contributed by atoms with van der Waals surface area (Å²) in [6.45, 7) is 1.94. The van der Waals surface area contributed by atoms with Crippen molar-refractivity contribution >= 4 is 23.5 Å². The van der Waals surface area contributed by atoms with E-state index in [4.69, 9.17) is 5.73 Å². The summed E-state index contributed by atoms with van der Waals surface area (Å²) in [6.07, 6.45) is 0.821. The average molecular weight is 313 g/mol. The first kappa shape index (κ1) is 15.3. The molecule has 1 aromatic heterocycles. The Morgan fingerprint density at radius 3 is 2.76 bits per heavy atom. The van der Waals surface area contributed by atoms with E-state index in [0.29, 0.717) is 11.8 Å². The second-order valence-corrected chi connectivity index (χ2v) is 5.31. The van der Waals surface area contributed by atoms with Gasteiger partial charge >= 0.3 is 5.97 Å². The largest absolute Gasteiger partial charge is 0.477 e. The number of thioether (sulfide) groups is 1. The maximum absolute atomic E-state index is 13.8. The standard InChI is InChI=1S/C13H13F2N3O2S/c1-2-5-21-12-10(13(19)20)11(16)18(17-12)9-4-3-7(14)6-8(9)15/h3-4,6H,2,5,16H2,1H3,(H,19,20). The molecule has 1 heterocycles.